The highest BCUT2D eigenvalue weighted by Crippen LogP contribution is 2.40. The quantitative estimate of drug-likeness (QED) is 0.808. The fraction of sp³-hybridized carbons (Fsp3) is 1.00. The maximum absolute atomic E-state index is 6.51. The molecule has 4 unspecified atom stereocenters. The van der Waals surface area contributed by atoms with E-state index < -0.39 is 0 Å². The van der Waals surface area contributed by atoms with Gasteiger partial charge in [0.15, 0.2) is 0 Å². The van der Waals surface area contributed by atoms with Crippen molar-refractivity contribution in [3.63, 3.8) is 0 Å². The van der Waals surface area contributed by atoms with Gasteiger partial charge in [-0.2, -0.15) is 0 Å². The average Bonchev–Trinajstić information content (AvgIpc) is 2.62. The van der Waals surface area contributed by atoms with E-state index in [0.717, 1.165) is 12.5 Å². The minimum atomic E-state index is 0.389. The first-order chi connectivity index (χ1) is 9.03. The van der Waals surface area contributed by atoms with E-state index in [0.29, 0.717) is 23.7 Å². The van der Waals surface area contributed by atoms with Crippen LogP contribution in [0.3, 0.4) is 0 Å². The topological polar surface area (TPSA) is 21.3 Å². The lowest BCUT2D eigenvalue weighted by Gasteiger charge is -2.35. The molecule has 2 rings (SSSR count). The van der Waals surface area contributed by atoms with Crippen molar-refractivity contribution in [1.82, 2.24) is 5.32 Å². The van der Waals surface area contributed by atoms with E-state index >= 15 is 0 Å². The van der Waals surface area contributed by atoms with Crippen LogP contribution in [0.4, 0.5) is 0 Å². The van der Waals surface area contributed by atoms with Gasteiger partial charge in [-0.15, -0.1) is 0 Å². The molecule has 0 spiro atoms. The largest absolute Gasteiger partial charge is 0.373 e. The van der Waals surface area contributed by atoms with Gasteiger partial charge in [-0.3, -0.25) is 0 Å². The van der Waals surface area contributed by atoms with Crippen molar-refractivity contribution in [2.45, 2.75) is 90.9 Å². The van der Waals surface area contributed by atoms with Gasteiger partial charge in [0.2, 0.25) is 0 Å². The van der Waals surface area contributed by atoms with Crippen molar-refractivity contribution in [3.05, 3.63) is 0 Å². The first-order valence-electron chi connectivity index (χ1n) is 8.41. The van der Waals surface area contributed by atoms with E-state index in [-0.39, 0.29) is 0 Å². The predicted molar refractivity (Wildman–Crippen MR) is 81.4 cm³/mol. The Hall–Kier alpha value is -0.0800. The molecule has 2 fully saturated rings. The highest BCUT2D eigenvalue weighted by atomic mass is 16.5. The molecule has 2 saturated carbocycles. The van der Waals surface area contributed by atoms with E-state index in [1.54, 1.807) is 0 Å². The summed E-state index contributed by atoms with van der Waals surface area (Å²) in [6.45, 7) is 10.5. The zero-order valence-electron chi connectivity index (χ0n) is 13.4. The van der Waals surface area contributed by atoms with Gasteiger partial charge < -0.3 is 10.1 Å². The Balaban J connectivity index is 1.90. The second-order valence-corrected chi connectivity index (χ2v) is 7.53. The van der Waals surface area contributed by atoms with Crippen molar-refractivity contribution in [1.29, 1.82) is 0 Å². The lowest BCUT2D eigenvalue weighted by Crippen LogP contribution is -2.47. The molecular formula is C17H33NO. The van der Waals surface area contributed by atoms with E-state index in [9.17, 15) is 0 Å². The zero-order chi connectivity index (χ0) is 13.9. The summed E-state index contributed by atoms with van der Waals surface area (Å²) in [4.78, 5) is 0. The molecular weight excluding hydrogens is 234 g/mol. The van der Waals surface area contributed by atoms with Gasteiger partial charge in [0.05, 0.1) is 12.2 Å². The number of hydrogen-bond donors (Lipinski definition) is 1. The molecule has 2 heteroatoms. The summed E-state index contributed by atoms with van der Waals surface area (Å²) < 4.78 is 6.51. The van der Waals surface area contributed by atoms with Crippen LogP contribution in [0.25, 0.3) is 0 Å². The SMILES string of the molecule is CCCNC1C(OC2CCCC(C)C2)CCC1(C)C. The second kappa shape index (κ2) is 6.58. The minimum absolute atomic E-state index is 0.389. The molecule has 2 aliphatic rings. The number of rotatable bonds is 5. The Morgan fingerprint density at radius 1 is 1.21 bits per heavy atom. The normalized spacial score (nSPS) is 38.5. The summed E-state index contributed by atoms with van der Waals surface area (Å²) in [6.07, 6.45) is 10.0. The Labute approximate surface area is 119 Å². The van der Waals surface area contributed by atoms with Crippen LogP contribution in [0.5, 0.6) is 0 Å². The van der Waals surface area contributed by atoms with E-state index in [1.807, 2.05) is 0 Å². The Morgan fingerprint density at radius 2 is 2.00 bits per heavy atom. The summed E-state index contributed by atoms with van der Waals surface area (Å²) in [5.74, 6) is 0.857. The molecule has 0 aliphatic heterocycles. The smallest absolute Gasteiger partial charge is 0.0737 e. The maximum Gasteiger partial charge on any atom is 0.0737 e. The molecule has 2 aliphatic carbocycles. The maximum atomic E-state index is 6.51. The fourth-order valence-corrected chi connectivity index (χ4v) is 3.94. The van der Waals surface area contributed by atoms with E-state index in [2.05, 4.69) is 33.0 Å². The lowest BCUT2D eigenvalue weighted by molar-refractivity contribution is -0.0524. The third-order valence-corrected chi connectivity index (χ3v) is 5.16. The van der Waals surface area contributed by atoms with Crippen molar-refractivity contribution < 1.29 is 4.74 Å². The van der Waals surface area contributed by atoms with Gasteiger partial charge >= 0.3 is 0 Å². The van der Waals surface area contributed by atoms with Crippen LogP contribution < -0.4 is 5.32 Å². The standard InChI is InChI=1S/C17H33NO/c1-5-11-18-16-15(9-10-17(16,3)4)19-14-8-6-7-13(2)12-14/h13-16,18H,5-12H2,1-4H3. The van der Waals surface area contributed by atoms with Crippen LogP contribution in [-0.4, -0.2) is 24.8 Å². The van der Waals surface area contributed by atoms with Crippen molar-refractivity contribution in [2.75, 3.05) is 6.54 Å². The monoisotopic (exact) mass is 267 g/mol. The highest BCUT2D eigenvalue weighted by Gasteiger charge is 2.43. The van der Waals surface area contributed by atoms with Crippen LogP contribution in [0.2, 0.25) is 0 Å². The van der Waals surface area contributed by atoms with Gasteiger partial charge in [0, 0.05) is 6.04 Å². The second-order valence-electron chi connectivity index (χ2n) is 7.53. The highest BCUT2D eigenvalue weighted by molar-refractivity contribution is 4.97. The van der Waals surface area contributed by atoms with Gasteiger partial charge in [-0.1, -0.05) is 40.5 Å². The summed E-state index contributed by atoms with van der Waals surface area (Å²) >= 11 is 0. The van der Waals surface area contributed by atoms with Crippen molar-refractivity contribution in [3.8, 4) is 0 Å². The third kappa shape index (κ3) is 3.95. The molecule has 0 aromatic carbocycles. The molecule has 0 heterocycles. The van der Waals surface area contributed by atoms with Crippen molar-refractivity contribution in [2.24, 2.45) is 11.3 Å². The zero-order valence-corrected chi connectivity index (χ0v) is 13.4. The molecule has 0 bridgehead atoms. The molecule has 19 heavy (non-hydrogen) atoms. The first kappa shape index (κ1) is 15.3. The Bertz CT molecular complexity index is 276. The van der Waals surface area contributed by atoms with Crippen LogP contribution in [-0.2, 0) is 4.74 Å². The Kier molecular flexibility index (Phi) is 5.30. The summed E-state index contributed by atoms with van der Waals surface area (Å²) in [7, 11) is 0. The first-order valence-corrected chi connectivity index (χ1v) is 8.41. The molecule has 0 saturated heterocycles. The molecule has 2 nitrogen and oxygen atoms in total. The molecule has 0 aromatic rings. The van der Waals surface area contributed by atoms with Gasteiger partial charge in [0.25, 0.3) is 0 Å². The fourth-order valence-electron chi connectivity index (χ4n) is 3.94. The average molecular weight is 267 g/mol. The molecule has 0 amide bonds. The lowest BCUT2D eigenvalue weighted by atomic mass is 9.86. The van der Waals surface area contributed by atoms with E-state index in [4.69, 9.17) is 4.74 Å². The van der Waals surface area contributed by atoms with E-state index in [1.165, 1.54) is 44.9 Å². The summed E-state index contributed by atoms with van der Waals surface area (Å²) in [5, 5.41) is 3.75. The number of ether oxygens (including phenoxy) is 1. The third-order valence-electron chi connectivity index (χ3n) is 5.16. The van der Waals surface area contributed by atoms with Crippen LogP contribution >= 0.6 is 0 Å². The Morgan fingerprint density at radius 3 is 2.68 bits per heavy atom. The van der Waals surface area contributed by atoms with Gasteiger partial charge in [0.1, 0.15) is 0 Å². The van der Waals surface area contributed by atoms with Crippen molar-refractivity contribution >= 4 is 0 Å². The van der Waals surface area contributed by atoms with Crippen LogP contribution in [0, 0.1) is 11.3 Å². The number of nitrogens with one attached hydrogen (secondary N) is 1. The van der Waals surface area contributed by atoms with Gasteiger partial charge in [-0.05, 0) is 50.0 Å². The molecule has 1 N–H and O–H groups in total. The predicted octanol–water partition coefficient (Wildman–Crippen LogP) is 4.14. The molecule has 112 valence electrons. The number of hydrogen-bond acceptors (Lipinski definition) is 2. The molecule has 0 radical (unpaired) electrons. The summed E-state index contributed by atoms with van der Waals surface area (Å²) in [5.41, 5.74) is 0.389. The minimum Gasteiger partial charge on any atom is -0.373 e. The molecule has 0 aromatic heterocycles. The van der Waals surface area contributed by atoms with Crippen LogP contribution in [0.1, 0.15) is 72.6 Å². The summed E-state index contributed by atoms with van der Waals surface area (Å²) in [6, 6.07) is 0.546. The molecule has 4 atom stereocenters. The van der Waals surface area contributed by atoms with Gasteiger partial charge in [-0.25, -0.2) is 0 Å². The van der Waals surface area contributed by atoms with Crippen LogP contribution in [0.15, 0.2) is 0 Å².